The largest absolute Gasteiger partial charge is 0.497 e. The van der Waals surface area contributed by atoms with Gasteiger partial charge in [-0.2, -0.15) is 0 Å². The number of ether oxygens (including phenoxy) is 2. The summed E-state index contributed by atoms with van der Waals surface area (Å²) >= 11 is 0. The molecule has 0 aromatic heterocycles. The van der Waals surface area contributed by atoms with Crippen molar-refractivity contribution in [2.45, 2.75) is 45.1 Å². The molecule has 0 saturated heterocycles. The Morgan fingerprint density at radius 1 is 1.14 bits per heavy atom. The molecule has 0 radical (unpaired) electrons. The molecule has 2 N–H and O–H groups in total. The van der Waals surface area contributed by atoms with Crippen LogP contribution >= 0.6 is 0 Å². The van der Waals surface area contributed by atoms with Crippen LogP contribution in [0, 0.1) is 5.92 Å². The Morgan fingerprint density at radius 3 is 2.48 bits per heavy atom. The summed E-state index contributed by atoms with van der Waals surface area (Å²) in [7, 11) is 1.58. The van der Waals surface area contributed by atoms with Crippen molar-refractivity contribution >= 4 is 23.9 Å². The highest BCUT2D eigenvalue weighted by molar-refractivity contribution is 5.94. The fourth-order valence-electron chi connectivity index (χ4n) is 3.17. The van der Waals surface area contributed by atoms with E-state index in [9.17, 15) is 14.4 Å². The first-order valence-corrected chi connectivity index (χ1v) is 10.0. The molecule has 2 amide bonds. The smallest absolute Gasteiger partial charge is 0.328 e. The molecule has 1 unspecified atom stereocenters. The highest BCUT2D eigenvalue weighted by Crippen LogP contribution is 2.22. The molecule has 1 fully saturated rings. The van der Waals surface area contributed by atoms with Gasteiger partial charge in [-0.05, 0) is 49.5 Å². The second kappa shape index (κ2) is 11.9. The van der Waals surface area contributed by atoms with Gasteiger partial charge >= 0.3 is 5.97 Å². The van der Waals surface area contributed by atoms with Crippen molar-refractivity contribution < 1.29 is 23.9 Å². The summed E-state index contributed by atoms with van der Waals surface area (Å²) in [4.78, 5) is 35.8. The minimum atomic E-state index is -0.853. The number of nitrogens with one attached hydrogen (secondary N) is 2. The van der Waals surface area contributed by atoms with E-state index in [1.165, 1.54) is 32.3 Å². The standard InChI is InChI=1S/C22H30N2O5/c1-16(24-20(25)13-10-17-8-11-19(28-2)12-9-17)22(27)29-15-21(26)23-14-18-6-4-3-5-7-18/h8-13,16,18H,3-7,14-15H2,1-2H3,(H,23,26)(H,24,25)/b13-10+. The maximum absolute atomic E-state index is 12.0. The van der Waals surface area contributed by atoms with Crippen molar-refractivity contribution in [2.24, 2.45) is 5.92 Å². The van der Waals surface area contributed by atoms with E-state index in [0.717, 1.165) is 24.2 Å². The summed E-state index contributed by atoms with van der Waals surface area (Å²) in [6.45, 7) is 1.80. The van der Waals surface area contributed by atoms with E-state index in [1.54, 1.807) is 25.3 Å². The molecule has 7 heteroatoms. The average Bonchev–Trinajstić information content (AvgIpc) is 2.75. The summed E-state index contributed by atoms with van der Waals surface area (Å²) in [6, 6.07) is 6.35. The van der Waals surface area contributed by atoms with Crippen molar-refractivity contribution in [3.8, 4) is 5.75 Å². The molecular formula is C22H30N2O5. The van der Waals surface area contributed by atoms with Crippen LogP contribution in [-0.2, 0) is 19.1 Å². The van der Waals surface area contributed by atoms with Crippen molar-refractivity contribution in [1.29, 1.82) is 0 Å². The molecule has 29 heavy (non-hydrogen) atoms. The lowest BCUT2D eigenvalue weighted by Gasteiger charge is -2.21. The van der Waals surface area contributed by atoms with E-state index in [-0.39, 0.29) is 12.5 Å². The molecule has 2 rings (SSSR count). The monoisotopic (exact) mass is 402 g/mol. The van der Waals surface area contributed by atoms with Gasteiger partial charge in [-0.15, -0.1) is 0 Å². The highest BCUT2D eigenvalue weighted by atomic mass is 16.5. The van der Waals surface area contributed by atoms with Gasteiger partial charge in [0.15, 0.2) is 6.61 Å². The summed E-state index contributed by atoms with van der Waals surface area (Å²) in [5.41, 5.74) is 0.825. The first kappa shape index (κ1) is 22.5. The fraction of sp³-hybridized carbons (Fsp3) is 0.500. The molecule has 1 aromatic rings. The lowest BCUT2D eigenvalue weighted by atomic mass is 9.89. The molecule has 1 saturated carbocycles. The number of hydrogen-bond donors (Lipinski definition) is 2. The molecule has 0 bridgehead atoms. The van der Waals surface area contributed by atoms with Gasteiger partial charge in [-0.3, -0.25) is 9.59 Å². The lowest BCUT2D eigenvalue weighted by Crippen LogP contribution is -2.40. The Bertz CT molecular complexity index is 708. The maximum Gasteiger partial charge on any atom is 0.328 e. The van der Waals surface area contributed by atoms with Gasteiger partial charge in [-0.25, -0.2) is 4.79 Å². The molecule has 0 spiro atoms. The molecule has 0 heterocycles. The summed E-state index contributed by atoms with van der Waals surface area (Å²) < 4.78 is 10.1. The Morgan fingerprint density at radius 2 is 1.83 bits per heavy atom. The molecular weight excluding hydrogens is 372 g/mol. The number of benzene rings is 1. The molecule has 7 nitrogen and oxygen atoms in total. The van der Waals surface area contributed by atoms with Gasteiger partial charge in [0.25, 0.3) is 5.91 Å². The Balaban J connectivity index is 1.66. The normalized spacial score (nSPS) is 15.5. The molecule has 1 atom stereocenters. The van der Waals surface area contributed by atoms with E-state index >= 15 is 0 Å². The van der Waals surface area contributed by atoms with Gasteiger partial charge in [0.05, 0.1) is 7.11 Å². The number of esters is 1. The fourth-order valence-corrected chi connectivity index (χ4v) is 3.17. The predicted octanol–water partition coefficient (Wildman–Crippen LogP) is 2.45. The van der Waals surface area contributed by atoms with Crippen LogP contribution in [0.4, 0.5) is 0 Å². The Hall–Kier alpha value is -2.83. The van der Waals surface area contributed by atoms with Crippen LogP contribution in [0.5, 0.6) is 5.75 Å². The van der Waals surface area contributed by atoms with Gasteiger partial charge < -0.3 is 20.1 Å². The predicted molar refractivity (Wildman–Crippen MR) is 110 cm³/mol. The van der Waals surface area contributed by atoms with Crippen molar-refractivity contribution in [1.82, 2.24) is 10.6 Å². The molecule has 158 valence electrons. The van der Waals surface area contributed by atoms with E-state index < -0.39 is 17.9 Å². The number of rotatable bonds is 9. The minimum absolute atomic E-state index is 0.318. The topological polar surface area (TPSA) is 93.7 Å². The molecule has 1 aromatic carbocycles. The van der Waals surface area contributed by atoms with E-state index in [4.69, 9.17) is 9.47 Å². The summed E-state index contributed by atoms with van der Waals surface area (Å²) in [5.74, 6) is -0.150. The Kier molecular flexibility index (Phi) is 9.21. The van der Waals surface area contributed by atoms with Crippen molar-refractivity contribution in [3.05, 3.63) is 35.9 Å². The minimum Gasteiger partial charge on any atom is -0.497 e. The first-order chi connectivity index (χ1) is 14.0. The van der Waals surface area contributed by atoms with Gasteiger partial charge in [0, 0.05) is 12.6 Å². The van der Waals surface area contributed by atoms with Gasteiger partial charge in [0.1, 0.15) is 11.8 Å². The zero-order valence-corrected chi connectivity index (χ0v) is 17.1. The zero-order chi connectivity index (χ0) is 21.1. The Labute approximate surface area is 171 Å². The van der Waals surface area contributed by atoms with Crippen LogP contribution in [0.3, 0.4) is 0 Å². The number of amides is 2. The van der Waals surface area contributed by atoms with Crippen LogP contribution in [0.25, 0.3) is 6.08 Å². The van der Waals surface area contributed by atoms with Crippen molar-refractivity contribution in [3.63, 3.8) is 0 Å². The van der Waals surface area contributed by atoms with Crippen LogP contribution in [0.15, 0.2) is 30.3 Å². The SMILES string of the molecule is COc1ccc(/C=C/C(=O)NC(C)C(=O)OCC(=O)NCC2CCCCC2)cc1. The van der Waals surface area contributed by atoms with Gasteiger partial charge in [0.2, 0.25) is 5.91 Å². The second-order valence-electron chi connectivity index (χ2n) is 7.25. The molecule has 0 aliphatic heterocycles. The third kappa shape index (κ3) is 8.37. The van der Waals surface area contributed by atoms with E-state index in [1.807, 2.05) is 12.1 Å². The second-order valence-corrected chi connectivity index (χ2v) is 7.25. The van der Waals surface area contributed by atoms with Crippen LogP contribution < -0.4 is 15.4 Å². The summed E-state index contributed by atoms with van der Waals surface area (Å²) in [6.07, 6.45) is 8.91. The zero-order valence-electron chi connectivity index (χ0n) is 17.1. The van der Waals surface area contributed by atoms with Crippen LogP contribution in [0.2, 0.25) is 0 Å². The highest BCUT2D eigenvalue weighted by Gasteiger charge is 2.18. The third-order valence-corrected chi connectivity index (χ3v) is 4.91. The maximum atomic E-state index is 12.0. The van der Waals surface area contributed by atoms with E-state index in [0.29, 0.717) is 12.5 Å². The third-order valence-electron chi connectivity index (χ3n) is 4.91. The number of hydrogen-bond acceptors (Lipinski definition) is 5. The first-order valence-electron chi connectivity index (χ1n) is 10.0. The lowest BCUT2D eigenvalue weighted by molar-refractivity contribution is -0.151. The molecule has 1 aliphatic carbocycles. The number of methoxy groups -OCH3 is 1. The van der Waals surface area contributed by atoms with Gasteiger partial charge in [-0.1, -0.05) is 31.4 Å². The van der Waals surface area contributed by atoms with E-state index in [2.05, 4.69) is 10.6 Å². The summed E-state index contributed by atoms with van der Waals surface area (Å²) in [5, 5.41) is 5.33. The van der Waals surface area contributed by atoms with Crippen LogP contribution in [-0.4, -0.2) is 44.1 Å². The number of carbonyl (C=O) groups excluding carboxylic acids is 3. The quantitative estimate of drug-likeness (QED) is 0.489. The van der Waals surface area contributed by atoms with Crippen molar-refractivity contribution in [2.75, 3.05) is 20.3 Å². The van der Waals surface area contributed by atoms with Crippen LogP contribution in [0.1, 0.15) is 44.6 Å². The average molecular weight is 402 g/mol. The number of carbonyl (C=O) groups is 3. The molecule has 1 aliphatic rings.